The summed E-state index contributed by atoms with van der Waals surface area (Å²) in [5.41, 5.74) is 0.547. The molecule has 0 spiro atoms. The minimum absolute atomic E-state index is 0.0326. The lowest BCUT2D eigenvalue weighted by molar-refractivity contribution is -0.145. The number of carbonyl (C=O) groups excluding carboxylic acids is 1. The Labute approximate surface area is 191 Å². The molecule has 0 saturated heterocycles. The first-order valence-electron chi connectivity index (χ1n) is 13.1. The third-order valence-electron chi connectivity index (χ3n) is 9.56. The lowest BCUT2D eigenvalue weighted by atomic mass is 9.45. The molecular formula is C28H47NO2. The van der Waals surface area contributed by atoms with E-state index in [0.29, 0.717) is 23.2 Å². The Morgan fingerprint density at radius 2 is 1.87 bits per heavy atom. The fourth-order valence-electron chi connectivity index (χ4n) is 7.71. The van der Waals surface area contributed by atoms with Gasteiger partial charge in [-0.15, -0.1) is 0 Å². The van der Waals surface area contributed by atoms with Crippen molar-refractivity contribution in [1.82, 2.24) is 0 Å². The van der Waals surface area contributed by atoms with Crippen molar-refractivity contribution in [3.63, 3.8) is 0 Å². The van der Waals surface area contributed by atoms with Crippen LogP contribution in [0.15, 0.2) is 17.3 Å². The number of rotatable bonds is 5. The molecule has 4 aliphatic rings. The number of unbranched alkanes of at least 4 members (excludes halogenated alkanes) is 1. The molecule has 0 aromatic heterocycles. The number of Topliss-reactive ketones (excluding diaryl/α,β-unsaturated/α-hetero) is 1. The number of hydrogen-bond donors (Lipinski definition) is 0. The van der Waals surface area contributed by atoms with E-state index in [1.165, 1.54) is 57.8 Å². The third-order valence-corrected chi connectivity index (χ3v) is 9.56. The number of aliphatic imine (C=N–C) groups is 1. The average molecular weight is 430 g/mol. The summed E-state index contributed by atoms with van der Waals surface area (Å²) in [6.45, 7) is 11.9. The second-order valence-corrected chi connectivity index (χ2v) is 11.1. The van der Waals surface area contributed by atoms with Crippen LogP contribution in [-0.2, 0) is 9.53 Å². The molecule has 31 heavy (non-hydrogen) atoms. The molecule has 4 unspecified atom stereocenters. The molecule has 3 heteroatoms. The van der Waals surface area contributed by atoms with Crippen LogP contribution in [-0.4, -0.2) is 24.7 Å². The smallest absolute Gasteiger partial charge is 0.139 e. The van der Waals surface area contributed by atoms with Crippen molar-refractivity contribution in [3.8, 4) is 0 Å². The summed E-state index contributed by atoms with van der Waals surface area (Å²) in [4.78, 5) is 16.3. The van der Waals surface area contributed by atoms with Gasteiger partial charge in [0.25, 0.3) is 0 Å². The standard InChI is InChI=1S/C23H38O2.C5H9N/c1-4-5-14-25-17-10-12-22(2)16(15-17)6-7-18-19-8-9-21(24)23(19,3)13-11-20(18)22;1-3-5-6-4-2/h16-20H,4-15H2,1-3H3;3-5H,1-2H3/b;5-3-,6-4?/t16?,17-,18?,19?,20?,22-,23-;/m0./s1. The molecule has 0 bridgehead atoms. The zero-order chi connectivity index (χ0) is 22.5. The van der Waals surface area contributed by atoms with E-state index in [4.69, 9.17) is 4.74 Å². The number of ketones is 1. The minimum atomic E-state index is 0.0326. The lowest BCUT2D eigenvalue weighted by Crippen LogP contribution is -2.54. The SMILES string of the molecule is CC=N/C=C\C.CCCCO[C@H]1CC[C@@]2(C)C(CCC3C2CC[C@]2(C)C(=O)CCC32)C1. The van der Waals surface area contributed by atoms with Crippen molar-refractivity contribution < 1.29 is 9.53 Å². The van der Waals surface area contributed by atoms with Gasteiger partial charge in [0.15, 0.2) is 0 Å². The molecule has 0 aliphatic heterocycles. The maximum atomic E-state index is 12.5. The predicted molar refractivity (Wildman–Crippen MR) is 130 cm³/mol. The van der Waals surface area contributed by atoms with E-state index >= 15 is 0 Å². The number of allylic oxidation sites excluding steroid dienone is 1. The van der Waals surface area contributed by atoms with Gasteiger partial charge in [-0.25, -0.2) is 0 Å². The molecule has 176 valence electrons. The molecular weight excluding hydrogens is 382 g/mol. The van der Waals surface area contributed by atoms with Gasteiger partial charge >= 0.3 is 0 Å². The van der Waals surface area contributed by atoms with E-state index in [1.54, 1.807) is 12.4 Å². The normalized spacial score (nSPS) is 42.1. The molecule has 4 rings (SSSR count). The van der Waals surface area contributed by atoms with Gasteiger partial charge in [-0.2, -0.15) is 0 Å². The van der Waals surface area contributed by atoms with Crippen LogP contribution in [0.4, 0.5) is 0 Å². The van der Waals surface area contributed by atoms with E-state index in [9.17, 15) is 4.79 Å². The number of nitrogens with zero attached hydrogens (tertiary/aromatic N) is 1. The Morgan fingerprint density at radius 3 is 2.55 bits per heavy atom. The summed E-state index contributed by atoms with van der Waals surface area (Å²) in [6, 6.07) is 0. The predicted octanol–water partition coefficient (Wildman–Crippen LogP) is 7.39. The molecule has 0 radical (unpaired) electrons. The lowest BCUT2D eigenvalue weighted by Gasteiger charge is -2.60. The molecule has 0 aromatic rings. The monoisotopic (exact) mass is 429 g/mol. The highest BCUT2D eigenvalue weighted by Crippen LogP contribution is 2.65. The minimum Gasteiger partial charge on any atom is -0.378 e. The van der Waals surface area contributed by atoms with Gasteiger partial charge < -0.3 is 4.74 Å². The van der Waals surface area contributed by atoms with Crippen molar-refractivity contribution in [2.24, 2.45) is 39.5 Å². The second-order valence-electron chi connectivity index (χ2n) is 11.1. The second kappa shape index (κ2) is 10.8. The largest absolute Gasteiger partial charge is 0.378 e. The summed E-state index contributed by atoms with van der Waals surface area (Å²) in [5, 5.41) is 0. The van der Waals surface area contributed by atoms with E-state index in [0.717, 1.165) is 37.2 Å². The fourth-order valence-corrected chi connectivity index (χ4v) is 7.71. The number of carbonyl (C=O) groups is 1. The van der Waals surface area contributed by atoms with Gasteiger partial charge in [-0.1, -0.05) is 33.3 Å². The first-order valence-corrected chi connectivity index (χ1v) is 13.1. The Hall–Kier alpha value is -0.960. The highest BCUT2D eigenvalue weighted by Gasteiger charge is 2.60. The summed E-state index contributed by atoms with van der Waals surface area (Å²) in [7, 11) is 0. The van der Waals surface area contributed by atoms with Gasteiger partial charge in [0.05, 0.1) is 6.10 Å². The van der Waals surface area contributed by atoms with Gasteiger partial charge in [-0.3, -0.25) is 9.79 Å². The molecule has 4 fully saturated rings. The van der Waals surface area contributed by atoms with Gasteiger partial charge in [0.2, 0.25) is 0 Å². The molecule has 3 nitrogen and oxygen atoms in total. The summed E-state index contributed by atoms with van der Waals surface area (Å²) >= 11 is 0. The van der Waals surface area contributed by atoms with Gasteiger partial charge in [0.1, 0.15) is 5.78 Å². The van der Waals surface area contributed by atoms with Crippen LogP contribution in [0.25, 0.3) is 0 Å². The zero-order valence-corrected chi connectivity index (χ0v) is 20.9. The third kappa shape index (κ3) is 5.02. The van der Waals surface area contributed by atoms with E-state index in [-0.39, 0.29) is 5.41 Å². The van der Waals surface area contributed by atoms with Crippen molar-refractivity contribution in [2.75, 3.05) is 6.61 Å². The highest BCUT2D eigenvalue weighted by atomic mass is 16.5. The number of ether oxygens (including phenoxy) is 1. The van der Waals surface area contributed by atoms with Crippen LogP contribution in [0.3, 0.4) is 0 Å². The molecule has 0 aromatic carbocycles. The Balaban J connectivity index is 0.000000401. The fraction of sp³-hybridized carbons (Fsp3) is 0.857. The van der Waals surface area contributed by atoms with Crippen LogP contribution in [0, 0.1) is 34.5 Å². The maximum Gasteiger partial charge on any atom is 0.139 e. The Morgan fingerprint density at radius 1 is 1.06 bits per heavy atom. The van der Waals surface area contributed by atoms with Crippen LogP contribution < -0.4 is 0 Å². The van der Waals surface area contributed by atoms with Crippen molar-refractivity contribution in [1.29, 1.82) is 0 Å². The van der Waals surface area contributed by atoms with Crippen LogP contribution in [0.5, 0.6) is 0 Å². The Kier molecular flexibility index (Phi) is 8.57. The highest BCUT2D eigenvalue weighted by molar-refractivity contribution is 5.87. The molecule has 7 atom stereocenters. The van der Waals surface area contributed by atoms with Gasteiger partial charge in [-0.05, 0) is 101 Å². The first-order chi connectivity index (χ1) is 14.9. The number of fused-ring (bicyclic) bond motifs is 5. The van der Waals surface area contributed by atoms with Crippen molar-refractivity contribution >= 4 is 12.0 Å². The van der Waals surface area contributed by atoms with E-state index < -0.39 is 0 Å². The number of hydrogen-bond acceptors (Lipinski definition) is 3. The van der Waals surface area contributed by atoms with Crippen LogP contribution in [0.1, 0.15) is 105 Å². The van der Waals surface area contributed by atoms with E-state index in [2.05, 4.69) is 25.8 Å². The molecule has 0 N–H and O–H groups in total. The maximum absolute atomic E-state index is 12.5. The average Bonchev–Trinajstić information content (AvgIpc) is 3.07. The van der Waals surface area contributed by atoms with Crippen LogP contribution >= 0.6 is 0 Å². The zero-order valence-electron chi connectivity index (χ0n) is 20.9. The Bertz CT molecular complexity index is 645. The molecule has 4 saturated carbocycles. The van der Waals surface area contributed by atoms with Crippen molar-refractivity contribution in [3.05, 3.63) is 12.3 Å². The first kappa shape index (κ1) is 24.7. The van der Waals surface area contributed by atoms with Crippen LogP contribution in [0.2, 0.25) is 0 Å². The molecule has 0 amide bonds. The summed E-state index contributed by atoms with van der Waals surface area (Å²) < 4.78 is 6.21. The summed E-state index contributed by atoms with van der Waals surface area (Å²) in [6.07, 6.45) is 19.5. The quantitative estimate of drug-likeness (QED) is 0.337. The molecule has 4 aliphatic carbocycles. The summed E-state index contributed by atoms with van der Waals surface area (Å²) in [5.74, 6) is 3.82. The van der Waals surface area contributed by atoms with Gasteiger partial charge in [0, 0.05) is 30.9 Å². The molecule has 0 heterocycles. The van der Waals surface area contributed by atoms with Crippen molar-refractivity contribution in [2.45, 2.75) is 111 Å². The van der Waals surface area contributed by atoms with E-state index in [1.807, 2.05) is 19.9 Å². The topological polar surface area (TPSA) is 38.7 Å².